The first-order valence-electron chi connectivity index (χ1n) is 7.93. The van der Waals surface area contributed by atoms with Gasteiger partial charge in [0.2, 0.25) is 17.6 Å². The Morgan fingerprint density at radius 2 is 1.84 bits per heavy atom. The van der Waals surface area contributed by atoms with Crippen LogP contribution < -0.4 is 0 Å². The number of hydrogen-bond acceptors (Lipinski definition) is 5. The van der Waals surface area contributed by atoms with Gasteiger partial charge in [-0.15, -0.1) is 11.8 Å². The Morgan fingerprint density at radius 3 is 2.56 bits per heavy atom. The molecule has 0 saturated carbocycles. The van der Waals surface area contributed by atoms with Gasteiger partial charge in [-0.3, -0.25) is 4.79 Å². The Kier molecular flexibility index (Phi) is 5.50. The highest BCUT2D eigenvalue weighted by Gasteiger charge is 2.15. The van der Waals surface area contributed by atoms with E-state index in [1.165, 1.54) is 17.3 Å². The Morgan fingerprint density at radius 1 is 1.12 bits per heavy atom. The summed E-state index contributed by atoms with van der Waals surface area (Å²) in [5.74, 6) is 1.36. The zero-order valence-electron chi connectivity index (χ0n) is 14.2. The van der Waals surface area contributed by atoms with Crippen LogP contribution in [0.15, 0.2) is 64.0 Å². The third kappa shape index (κ3) is 4.70. The molecule has 6 heteroatoms. The summed E-state index contributed by atoms with van der Waals surface area (Å²) >= 11 is 1.51. The molecule has 0 atom stereocenters. The van der Waals surface area contributed by atoms with Crippen molar-refractivity contribution in [3.63, 3.8) is 0 Å². The second kappa shape index (κ2) is 7.98. The van der Waals surface area contributed by atoms with Gasteiger partial charge < -0.3 is 9.42 Å². The van der Waals surface area contributed by atoms with E-state index in [0.29, 0.717) is 24.0 Å². The normalized spacial score (nSPS) is 10.6. The van der Waals surface area contributed by atoms with E-state index in [0.717, 1.165) is 10.5 Å². The molecular formula is C19H19N3O2S. The smallest absolute Gasteiger partial charge is 0.246 e. The topological polar surface area (TPSA) is 59.2 Å². The van der Waals surface area contributed by atoms with Gasteiger partial charge in [0.1, 0.15) is 0 Å². The van der Waals surface area contributed by atoms with Gasteiger partial charge in [0.25, 0.3) is 0 Å². The number of carbonyl (C=O) groups is 1. The van der Waals surface area contributed by atoms with Crippen LogP contribution in [0.1, 0.15) is 11.5 Å². The molecule has 2 aromatic carbocycles. The molecule has 128 valence electrons. The van der Waals surface area contributed by atoms with E-state index >= 15 is 0 Å². The molecular weight excluding hydrogens is 334 g/mol. The van der Waals surface area contributed by atoms with Crippen molar-refractivity contribution in [1.29, 1.82) is 0 Å². The Bertz CT molecular complexity index is 831. The first-order valence-corrected chi connectivity index (χ1v) is 8.92. The summed E-state index contributed by atoms with van der Waals surface area (Å²) in [5, 5.41) is 3.99. The van der Waals surface area contributed by atoms with E-state index in [2.05, 4.69) is 10.1 Å². The average molecular weight is 353 g/mol. The van der Waals surface area contributed by atoms with Crippen molar-refractivity contribution in [1.82, 2.24) is 15.0 Å². The lowest BCUT2D eigenvalue weighted by molar-refractivity contribution is -0.127. The zero-order valence-corrected chi connectivity index (χ0v) is 15.0. The number of aromatic nitrogens is 2. The maximum absolute atomic E-state index is 12.3. The number of nitrogens with zero attached hydrogens (tertiary/aromatic N) is 3. The molecule has 0 aliphatic rings. The second-order valence-electron chi connectivity index (χ2n) is 5.73. The summed E-state index contributed by atoms with van der Waals surface area (Å²) in [7, 11) is 1.74. The molecule has 0 aliphatic heterocycles. The molecule has 0 fully saturated rings. The summed E-state index contributed by atoms with van der Waals surface area (Å²) in [6.45, 7) is 2.33. The van der Waals surface area contributed by atoms with Crippen molar-refractivity contribution in [2.24, 2.45) is 0 Å². The third-order valence-electron chi connectivity index (χ3n) is 3.68. The van der Waals surface area contributed by atoms with Gasteiger partial charge in [-0.2, -0.15) is 4.98 Å². The van der Waals surface area contributed by atoms with Gasteiger partial charge in [0.05, 0.1) is 12.3 Å². The number of rotatable bonds is 6. The lowest BCUT2D eigenvalue weighted by Gasteiger charge is -2.14. The van der Waals surface area contributed by atoms with Crippen molar-refractivity contribution in [3.8, 4) is 11.4 Å². The van der Waals surface area contributed by atoms with Crippen molar-refractivity contribution in [3.05, 3.63) is 66.1 Å². The molecule has 3 aromatic rings. The summed E-state index contributed by atoms with van der Waals surface area (Å²) < 4.78 is 5.27. The van der Waals surface area contributed by atoms with E-state index in [9.17, 15) is 4.79 Å². The Balaban J connectivity index is 1.56. The van der Waals surface area contributed by atoms with Crippen LogP contribution in [0.25, 0.3) is 11.4 Å². The van der Waals surface area contributed by atoms with E-state index in [1.807, 2.05) is 61.5 Å². The highest BCUT2D eigenvalue weighted by molar-refractivity contribution is 8.00. The van der Waals surface area contributed by atoms with Crippen LogP contribution in [0.4, 0.5) is 0 Å². The number of carbonyl (C=O) groups excluding carboxylic acids is 1. The van der Waals surface area contributed by atoms with Crippen LogP contribution in [-0.2, 0) is 11.3 Å². The maximum atomic E-state index is 12.3. The van der Waals surface area contributed by atoms with Gasteiger partial charge in [0, 0.05) is 17.5 Å². The summed E-state index contributed by atoms with van der Waals surface area (Å²) in [6, 6.07) is 17.8. The molecule has 0 aliphatic carbocycles. The molecule has 5 nitrogen and oxygen atoms in total. The van der Waals surface area contributed by atoms with Gasteiger partial charge in [-0.05, 0) is 19.1 Å². The lowest BCUT2D eigenvalue weighted by Crippen LogP contribution is -2.27. The minimum Gasteiger partial charge on any atom is -0.337 e. The number of amides is 1. The number of benzene rings is 2. The summed E-state index contributed by atoms with van der Waals surface area (Å²) in [4.78, 5) is 19.3. The van der Waals surface area contributed by atoms with Crippen LogP contribution in [0.2, 0.25) is 0 Å². The molecule has 3 rings (SSSR count). The van der Waals surface area contributed by atoms with Gasteiger partial charge in [-0.1, -0.05) is 53.2 Å². The minimum absolute atomic E-state index is 0.0175. The Labute approximate surface area is 151 Å². The zero-order chi connectivity index (χ0) is 17.6. The van der Waals surface area contributed by atoms with Crippen molar-refractivity contribution in [2.45, 2.75) is 18.4 Å². The van der Waals surface area contributed by atoms with E-state index in [4.69, 9.17) is 4.52 Å². The molecule has 0 saturated heterocycles. The molecule has 1 aromatic heterocycles. The Hall–Kier alpha value is -2.60. The second-order valence-corrected chi connectivity index (χ2v) is 6.78. The predicted molar refractivity (Wildman–Crippen MR) is 98.1 cm³/mol. The van der Waals surface area contributed by atoms with E-state index in [-0.39, 0.29) is 5.91 Å². The molecule has 25 heavy (non-hydrogen) atoms. The molecule has 0 spiro atoms. The fourth-order valence-corrected chi connectivity index (χ4v) is 3.06. The lowest BCUT2D eigenvalue weighted by atomic mass is 10.1. The number of thioether (sulfide) groups is 1. The summed E-state index contributed by atoms with van der Waals surface area (Å²) in [5.41, 5.74) is 2.07. The number of aryl methyl sites for hydroxylation is 1. The van der Waals surface area contributed by atoms with Crippen molar-refractivity contribution < 1.29 is 9.32 Å². The molecule has 0 N–H and O–H groups in total. The largest absolute Gasteiger partial charge is 0.337 e. The average Bonchev–Trinajstić information content (AvgIpc) is 3.09. The fourth-order valence-electron chi connectivity index (χ4n) is 2.20. The third-order valence-corrected chi connectivity index (χ3v) is 4.68. The minimum atomic E-state index is 0.0175. The van der Waals surface area contributed by atoms with Crippen LogP contribution in [0, 0.1) is 6.92 Å². The maximum Gasteiger partial charge on any atom is 0.246 e. The van der Waals surface area contributed by atoms with E-state index in [1.54, 1.807) is 11.9 Å². The van der Waals surface area contributed by atoms with Crippen LogP contribution in [0.3, 0.4) is 0 Å². The SMILES string of the molecule is Cc1ccc(-c2noc(CN(C)C(=O)CSc3ccccc3)n2)cc1. The van der Waals surface area contributed by atoms with E-state index < -0.39 is 0 Å². The first-order chi connectivity index (χ1) is 12.1. The van der Waals surface area contributed by atoms with Crippen LogP contribution in [0.5, 0.6) is 0 Å². The number of hydrogen-bond donors (Lipinski definition) is 0. The fraction of sp³-hybridized carbons (Fsp3) is 0.211. The van der Waals surface area contributed by atoms with Gasteiger partial charge in [0.15, 0.2) is 0 Å². The standard InChI is InChI=1S/C19H19N3O2S/c1-14-8-10-15(11-9-14)19-20-17(24-21-19)12-22(2)18(23)13-25-16-6-4-3-5-7-16/h3-11H,12-13H2,1-2H3. The van der Waals surface area contributed by atoms with Crippen LogP contribution >= 0.6 is 11.8 Å². The molecule has 1 heterocycles. The highest BCUT2D eigenvalue weighted by Crippen LogP contribution is 2.19. The molecule has 0 unspecified atom stereocenters. The van der Waals surface area contributed by atoms with Crippen molar-refractivity contribution in [2.75, 3.05) is 12.8 Å². The highest BCUT2D eigenvalue weighted by atomic mass is 32.2. The molecule has 1 amide bonds. The summed E-state index contributed by atoms with van der Waals surface area (Å²) in [6.07, 6.45) is 0. The van der Waals surface area contributed by atoms with Gasteiger partial charge in [-0.25, -0.2) is 0 Å². The van der Waals surface area contributed by atoms with Crippen LogP contribution in [-0.4, -0.2) is 33.7 Å². The predicted octanol–water partition coefficient (Wildman–Crippen LogP) is 3.80. The molecule has 0 radical (unpaired) electrons. The monoisotopic (exact) mass is 353 g/mol. The van der Waals surface area contributed by atoms with Gasteiger partial charge >= 0.3 is 0 Å². The molecule has 0 bridgehead atoms. The quantitative estimate of drug-likeness (QED) is 0.631. The first kappa shape index (κ1) is 17.2. The van der Waals surface area contributed by atoms with Crippen molar-refractivity contribution >= 4 is 17.7 Å².